The summed E-state index contributed by atoms with van der Waals surface area (Å²) in [6, 6.07) is 7.95. The second kappa shape index (κ2) is 6.51. The largest absolute Gasteiger partial charge is 0.368 e. The Morgan fingerprint density at radius 2 is 1.96 bits per heavy atom. The Morgan fingerprint density at radius 1 is 1.20 bits per heavy atom. The monoisotopic (exact) mass is 369 g/mol. The van der Waals surface area contributed by atoms with Crippen LogP contribution in [0.2, 0.25) is 5.02 Å². The number of nitrogens with one attached hydrogen (secondary N) is 1. The predicted octanol–water partition coefficient (Wildman–Crippen LogP) is 4.24. The van der Waals surface area contributed by atoms with Crippen LogP contribution in [-0.4, -0.2) is 26.4 Å². The first kappa shape index (κ1) is 17.5. The van der Waals surface area contributed by atoms with Crippen LogP contribution < -0.4 is 5.32 Å². The van der Waals surface area contributed by atoms with Crippen LogP contribution in [0.15, 0.2) is 30.3 Å². The molecule has 0 aliphatic carbocycles. The zero-order valence-corrected chi connectivity index (χ0v) is 14.2. The number of anilines is 1. The van der Waals surface area contributed by atoms with Crippen LogP contribution in [0.4, 0.5) is 19.0 Å². The Kier molecular flexibility index (Phi) is 4.55. The summed E-state index contributed by atoms with van der Waals surface area (Å²) in [4.78, 5) is 0. The molecule has 0 aliphatic rings. The molecule has 1 N–H and O–H groups in total. The van der Waals surface area contributed by atoms with Crippen molar-refractivity contribution < 1.29 is 13.2 Å². The van der Waals surface area contributed by atoms with Gasteiger partial charge in [-0.3, -0.25) is 0 Å². The molecule has 2 aromatic heterocycles. The number of nitrogens with zero attached hydrogens (tertiary/aromatic N) is 4. The van der Waals surface area contributed by atoms with Crippen molar-refractivity contribution in [1.82, 2.24) is 19.8 Å². The fourth-order valence-electron chi connectivity index (χ4n) is 2.47. The Balaban J connectivity index is 1.84. The van der Waals surface area contributed by atoms with Crippen LogP contribution in [0.25, 0.3) is 5.65 Å². The van der Waals surface area contributed by atoms with E-state index in [4.69, 9.17) is 11.6 Å². The van der Waals surface area contributed by atoms with Crippen molar-refractivity contribution in [2.45, 2.75) is 25.7 Å². The topological polar surface area (TPSA) is 55.1 Å². The molecule has 0 bridgehead atoms. The van der Waals surface area contributed by atoms with Gasteiger partial charge >= 0.3 is 0 Å². The van der Waals surface area contributed by atoms with Gasteiger partial charge in [-0.25, -0.2) is 13.2 Å². The summed E-state index contributed by atoms with van der Waals surface area (Å²) in [6.45, 7) is 4.00. The molecule has 132 valence electrons. The minimum atomic E-state index is -2.78. The quantitative estimate of drug-likeness (QED) is 0.730. The molecular formula is C16H15ClF3N5. The summed E-state index contributed by atoms with van der Waals surface area (Å²) in [5.41, 5.74) is 0.0665. The van der Waals surface area contributed by atoms with Crippen LogP contribution in [0.5, 0.6) is 0 Å². The maximum Gasteiger partial charge on any atom is 0.299 e. The molecule has 0 radical (unpaired) electrons. The van der Waals surface area contributed by atoms with Gasteiger partial charge in [0.15, 0.2) is 5.65 Å². The van der Waals surface area contributed by atoms with Gasteiger partial charge in [0.1, 0.15) is 11.6 Å². The number of benzene rings is 1. The summed E-state index contributed by atoms with van der Waals surface area (Å²) in [7, 11) is 0. The number of halogens is 4. The maximum atomic E-state index is 14.3. The molecule has 0 spiro atoms. The van der Waals surface area contributed by atoms with Crippen molar-refractivity contribution in [1.29, 1.82) is 0 Å². The van der Waals surface area contributed by atoms with E-state index in [0.717, 1.165) is 4.52 Å². The molecule has 3 aromatic rings. The van der Waals surface area contributed by atoms with Gasteiger partial charge in [-0.15, -0.1) is 15.3 Å². The number of rotatable bonds is 5. The molecule has 0 saturated carbocycles. The van der Waals surface area contributed by atoms with Gasteiger partial charge in [-0.05, 0) is 23.8 Å². The van der Waals surface area contributed by atoms with Gasteiger partial charge in [0.25, 0.3) is 6.43 Å². The average Bonchev–Trinajstić information content (AvgIpc) is 2.99. The molecule has 0 atom stereocenters. The third-order valence-corrected chi connectivity index (χ3v) is 4.17. The fourth-order valence-corrected chi connectivity index (χ4v) is 2.64. The lowest BCUT2D eigenvalue weighted by Gasteiger charge is -2.26. The van der Waals surface area contributed by atoms with Gasteiger partial charge in [0, 0.05) is 12.0 Å². The van der Waals surface area contributed by atoms with Crippen molar-refractivity contribution in [2.24, 2.45) is 0 Å². The molecule has 25 heavy (non-hydrogen) atoms. The second-order valence-corrected chi connectivity index (χ2v) is 6.59. The lowest BCUT2D eigenvalue weighted by molar-refractivity contribution is 0.137. The Bertz CT molecular complexity index is 910. The minimum Gasteiger partial charge on any atom is -0.368 e. The molecule has 2 heterocycles. The Hall–Kier alpha value is -2.35. The summed E-state index contributed by atoms with van der Waals surface area (Å²) in [5.74, 6) is -0.651. The van der Waals surface area contributed by atoms with E-state index in [0.29, 0.717) is 17.9 Å². The first-order valence-corrected chi connectivity index (χ1v) is 7.86. The molecule has 5 nitrogen and oxygen atoms in total. The van der Waals surface area contributed by atoms with Crippen LogP contribution in [-0.2, 0) is 5.41 Å². The van der Waals surface area contributed by atoms with Crippen molar-refractivity contribution in [3.05, 3.63) is 52.6 Å². The molecule has 0 saturated heterocycles. The van der Waals surface area contributed by atoms with Crippen LogP contribution in [0, 0.1) is 5.82 Å². The van der Waals surface area contributed by atoms with E-state index in [1.165, 1.54) is 12.1 Å². The lowest BCUT2D eigenvalue weighted by Crippen LogP contribution is -2.29. The smallest absolute Gasteiger partial charge is 0.299 e. The minimum absolute atomic E-state index is 0.0520. The third-order valence-electron chi connectivity index (χ3n) is 3.87. The highest BCUT2D eigenvalue weighted by atomic mass is 35.5. The van der Waals surface area contributed by atoms with E-state index >= 15 is 0 Å². The van der Waals surface area contributed by atoms with E-state index < -0.39 is 23.5 Å². The molecule has 0 aliphatic heterocycles. The highest BCUT2D eigenvalue weighted by Crippen LogP contribution is 2.29. The average molecular weight is 370 g/mol. The standard InChI is InChI=1S/C16H15ClF3N5/c1-16(2,9-4-3-5-10(17)13(9)18)8-21-11-6-7-12-22-23-15(14(19)20)25(12)24-11/h3-7,14H,8H2,1-2H3,(H,21,24). The number of fused-ring (bicyclic) bond motifs is 1. The molecule has 3 rings (SSSR count). The molecule has 0 amide bonds. The highest BCUT2D eigenvalue weighted by Gasteiger charge is 2.25. The SMILES string of the molecule is CC(C)(CNc1ccc2nnc(C(F)F)n2n1)c1cccc(Cl)c1F. The molecule has 0 fully saturated rings. The fraction of sp³-hybridized carbons (Fsp3) is 0.312. The van der Waals surface area contributed by atoms with E-state index in [1.54, 1.807) is 18.2 Å². The normalized spacial score (nSPS) is 12.1. The number of hydrogen-bond acceptors (Lipinski definition) is 4. The first-order valence-electron chi connectivity index (χ1n) is 7.48. The molecule has 0 unspecified atom stereocenters. The zero-order chi connectivity index (χ0) is 18.2. The number of aromatic nitrogens is 4. The van der Waals surface area contributed by atoms with E-state index in [2.05, 4.69) is 20.6 Å². The number of alkyl halides is 2. The Morgan fingerprint density at radius 3 is 2.68 bits per heavy atom. The van der Waals surface area contributed by atoms with Crippen molar-refractivity contribution in [3.8, 4) is 0 Å². The lowest BCUT2D eigenvalue weighted by atomic mass is 9.84. The van der Waals surface area contributed by atoms with E-state index in [-0.39, 0.29) is 10.7 Å². The molecular weight excluding hydrogens is 355 g/mol. The first-order chi connectivity index (χ1) is 11.8. The predicted molar refractivity (Wildman–Crippen MR) is 88.7 cm³/mol. The van der Waals surface area contributed by atoms with Gasteiger partial charge in [-0.1, -0.05) is 37.6 Å². The number of hydrogen-bond donors (Lipinski definition) is 1. The zero-order valence-electron chi connectivity index (χ0n) is 13.5. The third kappa shape index (κ3) is 3.39. The highest BCUT2D eigenvalue weighted by molar-refractivity contribution is 6.30. The van der Waals surface area contributed by atoms with E-state index in [1.807, 2.05) is 13.8 Å². The van der Waals surface area contributed by atoms with E-state index in [9.17, 15) is 13.2 Å². The Labute approximate surface area is 146 Å². The van der Waals surface area contributed by atoms with Crippen LogP contribution in [0.1, 0.15) is 31.7 Å². The maximum absolute atomic E-state index is 14.3. The van der Waals surface area contributed by atoms with Crippen LogP contribution >= 0.6 is 11.6 Å². The van der Waals surface area contributed by atoms with Gasteiger partial charge < -0.3 is 5.32 Å². The van der Waals surface area contributed by atoms with Crippen LogP contribution in [0.3, 0.4) is 0 Å². The summed E-state index contributed by atoms with van der Waals surface area (Å²) in [5, 5.41) is 14.2. The summed E-state index contributed by atoms with van der Waals surface area (Å²) in [6.07, 6.45) is -2.78. The van der Waals surface area contributed by atoms with Crippen molar-refractivity contribution in [3.63, 3.8) is 0 Å². The summed E-state index contributed by atoms with van der Waals surface area (Å²) < 4.78 is 41.0. The van der Waals surface area contributed by atoms with Gasteiger partial charge in [-0.2, -0.15) is 4.52 Å². The summed E-state index contributed by atoms with van der Waals surface area (Å²) >= 11 is 5.84. The van der Waals surface area contributed by atoms with Gasteiger partial charge in [0.2, 0.25) is 5.82 Å². The molecule has 9 heteroatoms. The molecule has 1 aromatic carbocycles. The van der Waals surface area contributed by atoms with Crippen molar-refractivity contribution in [2.75, 3.05) is 11.9 Å². The van der Waals surface area contributed by atoms with Gasteiger partial charge in [0.05, 0.1) is 5.02 Å². The van der Waals surface area contributed by atoms with Crippen molar-refractivity contribution >= 4 is 23.1 Å². The second-order valence-electron chi connectivity index (χ2n) is 6.19.